The molecule has 0 saturated heterocycles. The van der Waals surface area contributed by atoms with Crippen LogP contribution in [0.25, 0.3) is 0 Å². The number of primary amides is 1. The third kappa shape index (κ3) is 3.26. The van der Waals surface area contributed by atoms with E-state index in [-0.39, 0.29) is 17.3 Å². The lowest BCUT2D eigenvalue weighted by Gasteiger charge is -2.28. The summed E-state index contributed by atoms with van der Waals surface area (Å²) in [5, 5.41) is 14.3. The van der Waals surface area contributed by atoms with Crippen molar-refractivity contribution in [1.29, 1.82) is 0 Å². The van der Waals surface area contributed by atoms with Crippen LogP contribution >= 0.6 is 0 Å². The van der Waals surface area contributed by atoms with Crippen molar-refractivity contribution in [3.63, 3.8) is 0 Å². The fourth-order valence-corrected chi connectivity index (χ4v) is 2.74. The summed E-state index contributed by atoms with van der Waals surface area (Å²) >= 11 is 0. The van der Waals surface area contributed by atoms with Crippen molar-refractivity contribution in [2.24, 2.45) is 11.7 Å². The Morgan fingerprint density at radius 2 is 2.20 bits per heavy atom. The first-order valence-electron chi connectivity index (χ1n) is 6.82. The Morgan fingerprint density at radius 3 is 2.80 bits per heavy atom. The van der Waals surface area contributed by atoms with Crippen molar-refractivity contribution in [3.8, 4) is 0 Å². The molecule has 20 heavy (non-hydrogen) atoms. The highest BCUT2D eigenvalue weighted by molar-refractivity contribution is 5.94. The summed E-state index contributed by atoms with van der Waals surface area (Å²) in [6.45, 7) is 2.19. The molecule has 0 heterocycles. The number of nitro groups is 1. The summed E-state index contributed by atoms with van der Waals surface area (Å²) in [5.41, 5.74) is 5.67. The molecule has 0 aliphatic heterocycles. The van der Waals surface area contributed by atoms with Gasteiger partial charge in [-0.1, -0.05) is 19.8 Å². The molecule has 2 unspecified atom stereocenters. The average molecular weight is 277 g/mol. The maximum absolute atomic E-state index is 11.1. The van der Waals surface area contributed by atoms with Crippen molar-refractivity contribution < 1.29 is 9.72 Å². The highest BCUT2D eigenvalue weighted by Gasteiger charge is 2.22. The normalized spacial score (nSPS) is 22.2. The van der Waals surface area contributed by atoms with Gasteiger partial charge in [0.05, 0.1) is 4.92 Å². The van der Waals surface area contributed by atoms with Gasteiger partial charge in [-0.2, -0.15) is 0 Å². The molecule has 3 N–H and O–H groups in total. The van der Waals surface area contributed by atoms with Crippen LogP contribution in [0.4, 0.5) is 11.4 Å². The summed E-state index contributed by atoms with van der Waals surface area (Å²) in [6.07, 6.45) is 4.36. The Labute approximate surface area is 117 Å². The molecule has 6 heteroatoms. The van der Waals surface area contributed by atoms with E-state index in [4.69, 9.17) is 5.73 Å². The van der Waals surface area contributed by atoms with E-state index in [9.17, 15) is 14.9 Å². The monoisotopic (exact) mass is 277 g/mol. The predicted molar refractivity (Wildman–Crippen MR) is 76.7 cm³/mol. The fourth-order valence-electron chi connectivity index (χ4n) is 2.74. The Balaban J connectivity index is 2.22. The van der Waals surface area contributed by atoms with Crippen LogP contribution < -0.4 is 11.1 Å². The zero-order valence-corrected chi connectivity index (χ0v) is 11.5. The zero-order chi connectivity index (χ0) is 14.7. The molecule has 1 saturated carbocycles. The van der Waals surface area contributed by atoms with Crippen LogP contribution in [0.15, 0.2) is 18.2 Å². The summed E-state index contributed by atoms with van der Waals surface area (Å²) in [7, 11) is 0. The van der Waals surface area contributed by atoms with Gasteiger partial charge in [-0.15, -0.1) is 0 Å². The molecule has 0 spiro atoms. The van der Waals surface area contributed by atoms with Gasteiger partial charge in [-0.05, 0) is 30.9 Å². The minimum absolute atomic E-state index is 0.0977. The van der Waals surface area contributed by atoms with Gasteiger partial charge in [-0.25, -0.2) is 0 Å². The number of carbonyl (C=O) groups is 1. The topological polar surface area (TPSA) is 98.3 Å². The van der Waals surface area contributed by atoms with E-state index in [1.54, 1.807) is 6.07 Å². The number of hydrogen-bond donors (Lipinski definition) is 2. The standard InChI is InChI=1S/C14H19N3O3/c1-9-3-2-4-11(7-9)16-12-6-5-10(14(15)18)8-13(12)17(19)20/h5-6,8-9,11,16H,2-4,7H2,1H3,(H2,15,18). The Kier molecular flexibility index (Phi) is 4.22. The minimum Gasteiger partial charge on any atom is -0.377 e. The summed E-state index contributed by atoms with van der Waals surface area (Å²) in [5.74, 6) is -0.0314. The zero-order valence-electron chi connectivity index (χ0n) is 11.5. The molecule has 1 aliphatic rings. The lowest BCUT2D eigenvalue weighted by atomic mass is 9.87. The fraction of sp³-hybridized carbons (Fsp3) is 0.500. The predicted octanol–water partition coefficient (Wildman–Crippen LogP) is 2.68. The van der Waals surface area contributed by atoms with E-state index in [0.717, 1.165) is 19.3 Å². The number of amides is 1. The molecular weight excluding hydrogens is 258 g/mol. The second-order valence-electron chi connectivity index (χ2n) is 5.47. The number of nitro benzene ring substituents is 1. The highest BCUT2D eigenvalue weighted by atomic mass is 16.6. The molecule has 6 nitrogen and oxygen atoms in total. The number of nitrogens with zero attached hydrogens (tertiary/aromatic N) is 1. The smallest absolute Gasteiger partial charge is 0.293 e. The summed E-state index contributed by atoms with van der Waals surface area (Å²) in [4.78, 5) is 21.7. The van der Waals surface area contributed by atoms with Gasteiger partial charge in [0.1, 0.15) is 5.69 Å². The Bertz CT molecular complexity index is 530. The molecular formula is C14H19N3O3. The van der Waals surface area contributed by atoms with Crippen molar-refractivity contribution in [3.05, 3.63) is 33.9 Å². The molecule has 0 bridgehead atoms. The number of hydrogen-bond acceptors (Lipinski definition) is 4. The van der Waals surface area contributed by atoms with E-state index in [1.807, 2.05) is 0 Å². The third-order valence-corrected chi connectivity index (χ3v) is 3.77. The van der Waals surface area contributed by atoms with Crippen LogP contribution in [-0.4, -0.2) is 16.9 Å². The molecule has 1 aromatic carbocycles. The van der Waals surface area contributed by atoms with Gasteiger partial charge in [0.25, 0.3) is 5.69 Å². The molecule has 0 radical (unpaired) electrons. The van der Waals surface area contributed by atoms with E-state index in [0.29, 0.717) is 11.6 Å². The molecule has 108 valence electrons. The minimum atomic E-state index is -0.661. The van der Waals surface area contributed by atoms with Gasteiger partial charge >= 0.3 is 0 Å². The first-order chi connectivity index (χ1) is 9.47. The number of rotatable bonds is 4. The van der Waals surface area contributed by atoms with Gasteiger partial charge in [-0.3, -0.25) is 14.9 Å². The molecule has 1 aromatic rings. The number of benzene rings is 1. The Hall–Kier alpha value is -2.11. The average Bonchev–Trinajstić information content (AvgIpc) is 2.38. The van der Waals surface area contributed by atoms with Crippen molar-refractivity contribution in [1.82, 2.24) is 0 Å². The van der Waals surface area contributed by atoms with E-state index < -0.39 is 10.8 Å². The third-order valence-electron chi connectivity index (χ3n) is 3.77. The first-order valence-corrected chi connectivity index (χ1v) is 6.82. The van der Waals surface area contributed by atoms with Gasteiger partial charge in [0.15, 0.2) is 0 Å². The van der Waals surface area contributed by atoms with Crippen LogP contribution in [0.5, 0.6) is 0 Å². The second-order valence-corrected chi connectivity index (χ2v) is 5.47. The quantitative estimate of drug-likeness (QED) is 0.653. The van der Waals surface area contributed by atoms with E-state index in [1.165, 1.54) is 18.6 Å². The van der Waals surface area contributed by atoms with E-state index in [2.05, 4.69) is 12.2 Å². The lowest BCUT2D eigenvalue weighted by molar-refractivity contribution is -0.384. The Morgan fingerprint density at radius 1 is 1.45 bits per heavy atom. The molecule has 1 amide bonds. The van der Waals surface area contributed by atoms with Gasteiger partial charge < -0.3 is 11.1 Å². The van der Waals surface area contributed by atoms with Crippen LogP contribution in [-0.2, 0) is 0 Å². The lowest BCUT2D eigenvalue weighted by Crippen LogP contribution is -2.26. The van der Waals surface area contributed by atoms with Crippen LogP contribution in [0.2, 0.25) is 0 Å². The van der Waals surface area contributed by atoms with Crippen LogP contribution in [0, 0.1) is 16.0 Å². The van der Waals surface area contributed by atoms with E-state index >= 15 is 0 Å². The number of anilines is 1. The van der Waals surface area contributed by atoms with Crippen molar-refractivity contribution in [2.45, 2.75) is 38.6 Å². The maximum atomic E-state index is 11.1. The van der Waals surface area contributed by atoms with Gasteiger partial charge in [0, 0.05) is 17.7 Å². The van der Waals surface area contributed by atoms with Crippen LogP contribution in [0.1, 0.15) is 43.0 Å². The second kappa shape index (κ2) is 5.90. The summed E-state index contributed by atoms with van der Waals surface area (Å²) in [6, 6.07) is 4.56. The maximum Gasteiger partial charge on any atom is 0.293 e. The SMILES string of the molecule is CC1CCCC(Nc2ccc(C(N)=O)cc2[N+](=O)[O-])C1. The number of nitrogens with two attached hydrogens (primary N) is 1. The molecule has 2 atom stereocenters. The number of nitrogens with one attached hydrogen (secondary N) is 1. The summed E-state index contributed by atoms with van der Waals surface area (Å²) < 4.78 is 0. The molecule has 2 rings (SSSR count). The molecule has 0 aromatic heterocycles. The number of carbonyl (C=O) groups excluding carboxylic acids is 1. The van der Waals surface area contributed by atoms with Crippen LogP contribution in [0.3, 0.4) is 0 Å². The van der Waals surface area contributed by atoms with Gasteiger partial charge in [0.2, 0.25) is 5.91 Å². The molecule has 1 fully saturated rings. The largest absolute Gasteiger partial charge is 0.377 e. The van der Waals surface area contributed by atoms with Crippen molar-refractivity contribution in [2.75, 3.05) is 5.32 Å². The van der Waals surface area contributed by atoms with Crippen molar-refractivity contribution >= 4 is 17.3 Å². The highest BCUT2D eigenvalue weighted by Crippen LogP contribution is 2.31. The molecule has 1 aliphatic carbocycles. The first kappa shape index (κ1) is 14.3.